The fourth-order valence-corrected chi connectivity index (χ4v) is 3.19. The second kappa shape index (κ2) is 8.56. The van der Waals surface area contributed by atoms with Crippen LogP contribution in [-0.4, -0.2) is 45.6 Å². The number of amides is 1. The lowest BCUT2D eigenvalue weighted by Gasteiger charge is -2.16. The molecule has 146 valence electrons. The number of ether oxygens (including phenoxy) is 1. The molecule has 2 aromatic carbocycles. The number of aromatic nitrogens is 3. The van der Waals surface area contributed by atoms with Crippen LogP contribution in [0.2, 0.25) is 0 Å². The molecule has 6 heteroatoms. The summed E-state index contributed by atoms with van der Waals surface area (Å²) >= 11 is 0. The average molecular weight is 386 g/mol. The maximum absolute atomic E-state index is 12.9. The molecule has 0 radical (unpaired) electrons. The van der Waals surface area contributed by atoms with Crippen LogP contribution in [0.25, 0.3) is 16.9 Å². The summed E-state index contributed by atoms with van der Waals surface area (Å²) < 4.78 is 7.41. The molecule has 0 atom stereocenters. The maximum Gasteiger partial charge on any atom is 0.259 e. The minimum atomic E-state index is -0.0996. The van der Waals surface area contributed by atoms with Crippen molar-refractivity contribution in [2.45, 2.75) is 6.42 Å². The molecule has 4 aromatic rings. The second-order valence-electron chi connectivity index (χ2n) is 6.73. The van der Waals surface area contributed by atoms with E-state index in [0.717, 1.165) is 23.4 Å². The van der Waals surface area contributed by atoms with E-state index < -0.39 is 0 Å². The van der Waals surface area contributed by atoms with Crippen LogP contribution in [0.4, 0.5) is 0 Å². The van der Waals surface area contributed by atoms with E-state index in [1.807, 2.05) is 66.7 Å². The Labute approximate surface area is 169 Å². The molecule has 6 nitrogen and oxygen atoms in total. The normalized spacial score (nSPS) is 10.8. The topological polar surface area (TPSA) is 59.7 Å². The van der Waals surface area contributed by atoms with Gasteiger partial charge in [0.05, 0.1) is 18.5 Å². The average Bonchev–Trinajstić information content (AvgIpc) is 3.21. The molecule has 0 aliphatic carbocycles. The minimum absolute atomic E-state index is 0.0996. The summed E-state index contributed by atoms with van der Waals surface area (Å²) in [5.41, 5.74) is 2.97. The van der Waals surface area contributed by atoms with Crippen molar-refractivity contribution in [1.29, 1.82) is 0 Å². The third kappa shape index (κ3) is 4.11. The van der Waals surface area contributed by atoms with E-state index in [2.05, 4.69) is 10.1 Å². The summed E-state index contributed by atoms with van der Waals surface area (Å²) in [6.45, 7) is 1.13. The molecule has 0 bridgehead atoms. The number of benzene rings is 2. The number of rotatable bonds is 7. The van der Waals surface area contributed by atoms with Crippen LogP contribution in [0.15, 0.2) is 79.1 Å². The van der Waals surface area contributed by atoms with Crippen LogP contribution < -0.4 is 4.74 Å². The Morgan fingerprint density at radius 1 is 1.03 bits per heavy atom. The van der Waals surface area contributed by atoms with Crippen molar-refractivity contribution in [2.75, 3.05) is 20.2 Å². The van der Waals surface area contributed by atoms with Crippen molar-refractivity contribution in [3.8, 4) is 17.0 Å². The van der Waals surface area contributed by atoms with E-state index >= 15 is 0 Å². The van der Waals surface area contributed by atoms with Gasteiger partial charge in [0.25, 0.3) is 5.91 Å². The van der Waals surface area contributed by atoms with Crippen molar-refractivity contribution in [3.63, 3.8) is 0 Å². The summed E-state index contributed by atoms with van der Waals surface area (Å²) in [4.78, 5) is 19.0. The van der Waals surface area contributed by atoms with E-state index in [4.69, 9.17) is 4.74 Å². The molecular weight excluding hydrogens is 364 g/mol. The number of nitrogens with zero attached hydrogens (tertiary/aromatic N) is 4. The largest absolute Gasteiger partial charge is 0.494 e. The van der Waals surface area contributed by atoms with Gasteiger partial charge in [-0.25, -0.2) is 9.50 Å². The van der Waals surface area contributed by atoms with Crippen molar-refractivity contribution in [3.05, 3.63) is 84.7 Å². The Kier molecular flexibility index (Phi) is 5.52. The fourth-order valence-electron chi connectivity index (χ4n) is 3.19. The molecule has 0 unspecified atom stereocenters. The molecule has 0 N–H and O–H groups in total. The molecule has 2 heterocycles. The van der Waals surface area contributed by atoms with E-state index in [1.165, 1.54) is 0 Å². The lowest BCUT2D eigenvalue weighted by atomic mass is 10.1. The Hall–Kier alpha value is -3.67. The number of hydrogen-bond donors (Lipinski definition) is 0. The highest BCUT2D eigenvalue weighted by Gasteiger charge is 2.19. The zero-order chi connectivity index (χ0) is 20.1. The van der Waals surface area contributed by atoms with E-state index in [1.54, 1.807) is 28.9 Å². The van der Waals surface area contributed by atoms with Crippen LogP contribution >= 0.6 is 0 Å². The standard InChI is InChI=1S/C23H22N4O2/c1-26(15-8-16-29-19-11-6-3-7-12-19)23(28)20-17-25-27-21(13-14-24-22(20)27)18-9-4-2-5-10-18/h2-7,9-14,17H,8,15-16H2,1H3. The van der Waals surface area contributed by atoms with E-state index in [9.17, 15) is 4.79 Å². The van der Waals surface area contributed by atoms with Gasteiger partial charge in [0.2, 0.25) is 0 Å². The molecule has 0 saturated carbocycles. The first kappa shape index (κ1) is 18.7. The molecule has 0 spiro atoms. The van der Waals surface area contributed by atoms with Gasteiger partial charge in [-0.3, -0.25) is 4.79 Å². The molecular formula is C23H22N4O2. The third-order valence-corrected chi connectivity index (χ3v) is 4.70. The van der Waals surface area contributed by atoms with Crippen molar-refractivity contribution < 1.29 is 9.53 Å². The predicted octanol–water partition coefficient (Wildman–Crippen LogP) is 3.94. The van der Waals surface area contributed by atoms with E-state index in [0.29, 0.717) is 24.4 Å². The van der Waals surface area contributed by atoms with Crippen molar-refractivity contribution in [1.82, 2.24) is 19.5 Å². The minimum Gasteiger partial charge on any atom is -0.494 e. The lowest BCUT2D eigenvalue weighted by molar-refractivity contribution is 0.0789. The van der Waals surface area contributed by atoms with Crippen LogP contribution in [0, 0.1) is 0 Å². The Morgan fingerprint density at radius 3 is 2.52 bits per heavy atom. The zero-order valence-corrected chi connectivity index (χ0v) is 16.2. The molecule has 2 aromatic heterocycles. The van der Waals surface area contributed by atoms with Crippen LogP contribution in [-0.2, 0) is 0 Å². The highest BCUT2D eigenvalue weighted by molar-refractivity contribution is 5.99. The highest BCUT2D eigenvalue weighted by atomic mass is 16.5. The molecule has 0 aliphatic rings. The summed E-state index contributed by atoms with van der Waals surface area (Å²) in [6.07, 6.45) is 4.04. The summed E-state index contributed by atoms with van der Waals surface area (Å²) in [7, 11) is 1.79. The van der Waals surface area contributed by atoms with Crippen LogP contribution in [0.5, 0.6) is 5.75 Å². The van der Waals surface area contributed by atoms with Gasteiger partial charge in [-0.15, -0.1) is 0 Å². The molecule has 29 heavy (non-hydrogen) atoms. The van der Waals surface area contributed by atoms with Gasteiger partial charge in [-0.05, 0) is 24.6 Å². The Bertz CT molecular complexity index is 1090. The SMILES string of the molecule is CN(CCCOc1ccccc1)C(=O)c1cnn2c(-c3ccccc3)ccnc12. The first-order valence-corrected chi connectivity index (χ1v) is 9.55. The number of para-hydroxylation sites is 1. The van der Waals surface area contributed by atoms with Gasteiger partial charge in [0.15, 0.2) is 5.65 Å². The summed E-state index contributed by atoms with van der Waals surface area (Å²) in [5, 5.41) is 4.42. The first-order chi connectivity index (χ1) is 14.2. The van der Waals surface area contributed by atoms with Crippen LogP contribution in [0.3, 0.4) is 0 Å². The molecule has 0 saturated heterocycles. The van der Waals surface area contributed by atoms with Crippen molar-refractivity contribution >= 4 is 11.6 Å². The van der Waals surface area contributed by atoms with Gasteiger partial charge in [-0.2, -0.15) is 5.10 Å². The third-order valence-electron chi connectivity index (χ3n) is 4.70. The van der Waals surface area contributed by atoms with Gasteiger partial charge in [0.1, 0.15) is 11.3 Å². The Balaban J connectivity index is 1.44. The van der Waals surface area contributed by atoms with Gasteiger partial charge in [-0.1, -0.05) is 48.5 Å². The Morgan fingerprint density at radius 2 is 1.76 bits per heavy atom. The fraction of sp³-hybridized carbons (Fsp3) is 0.174. The first-order valence-electron chi connectivity index (χ1n) is 9.55. The number of carbonyl (C=O) groups is 1. The molecule has 1 amide bonds. The zero-order valence-electron chi connectivity index (χ0n) is 16.2. The molecule has 0 fully saturated rings. The van der Waals surface area contributed by atoms with Gasteiger partial charge in [0, 0.05) is 25.4 Å². The summed E-state index contributed by atoms with van der Waals surface area (Å²) in [6, 6.07) is 21.5. The monoisotopic (exact) mass is 386 g/mol. The number of hydrogen-bond acceptors (Lipinski definition) is 4. The lowest BCUT2D eigenvalue weighted by Crippen LogP contribution is -2.28. The number of fused-ring (bicyclic) bond motifs is 1. The van der Waals surface area contributed by atoms with Crippen molar-refractivity contribution in [2.24, 2.45) is 0 Å². The van der Waals surface area contributed by atoms with Gasteiger partial charge < -0.3 is 9.64 Å². The molecule has 0 aliphatic heterocycles. The predicted molar refractivity (Wildman–Crippen MR) is 112 cm³/mol. The highest BCUT2D eigenvalue weighted by Crippen LogP contribution is 2.21. The van der Waals surface area contributed by atoms with Gasteiger partial charge >= 0.3 is 0 Å². The smallest absolute Gasteiger partial charge is 0.259 e. The maximum atomic E-state index is 12.9. The quantitative estimate of drug-likeness (QED) is 0.452. The number of carbonyl (C=O) groups excluding carboxylic acids is 1. The van der Waals surface area contributed by atoms with Crippen LogP contribution in [0.1, 0.15) is 16.8 Å². The molecule has 4 rings (SSSR count). The second-order valence-corrected chi connectivity index (χ2v) is 6.73. The van der Waals surface area contributed by atoms with E-state index in [-0.39, 0.29) is 5.91 Å². The summed E-state index contributed by atoms with van der Waals surface area (Å²) in [5.74, 6) is 0.735.